The first kappa shape index (κ1) is 12.1. The fourth-order valence-corrected chi connectivity index (χ4v) is 2.14. The van der Waals surface area contributed by atoms with Gasteiger partial charge in [-0.25, -0.2) is 0 Å². The smallest absolute Gasteiger partial charge is 0.228 e. The van der Waals surface area contributed by atoms with Crippen molar-refractivity contribution >= 4 is 11.6 Å². The van der Waals surface area contributed by atoms with E-state index in [4.69, 9.17) is 0 Å². The van der Waals surface area contributed by atoms with Gasteiger partial charge in [0.05, 0.1) is 5.92 Å². The second-order valence-corrected chi connectivity index (χ2v) is 4.58. The minimum atomic E-state index is 0.120. The van der Waals surface area contributed by atoms with E-state index in [0.717, 1.165) is 38.0 Å². The number of carbonyl (C=O) groups excluding carboxylic acids is 1. The van der Waals surface area contributed by atoms with E-state index >= 15 is 0 Å². The van der Waals surface area contributed by atoms with Gasteiger partial charge < -0.3 is 10.6 Å². The topological polar surface area (TPSA) is 41.1 Å². The predicted octanol–water partition coefficient (Wildman–Crippen LogP) is 2.19. The number of piperidine rings is 1. The van der Waals surface area contributed by atoms with Gasteiger partial charge in [-0.05, 0) is 43.5 Å². The van der Waals surface area contributed by atoms with E-state index < -0.39 is 0 Å². The maximum atomic E-state index is 12.0. The van der Waals surface area contributed by atoms with Gasteiger partial charge in [0.25, 0.3) is 0 Å². The van der Waals surface area contributed by atoms with Crippen LogP contribution in [0.25, 0.3) is 0 Å². The largest absolute Gasteiger partial charge is 0.326 e. The van der Waals surface area contributed by atoms with Gasteiger partial charge in [0.1, 0.15) is 0 Å². The molecule has 0 aromatic heterocycles. The van der Waals surface area contributed by atoms with Gasteiger partial charge in [0.15, 0.2) is 0 Å². The summed E-state index contributed by atoms with van der Waals surface area (Å²) in [7, 11) is 0. The summed E-state index contributed by atoms with van der Waals surface area (Å²) >= 11 is 0. The highest BCUT2D eigenvalue weighted by Gasteiger charge is 2.20. The van der Waals surface area contributed by atoms with Crippen molar-refractivity contribution < 1.29 is 4.79 Å². The number of amides is 1. The zero-order valence-corrected chi connectivity index (χ0v) is 10.3. The number of hydrogen-bond acceptors (Lipinski definition) is 2. The molecule has 3 nitrogen and oxygen atoms in total. The molecular formula is C14H20N2O. The Kier molecular flexibility index (Phi) is 4.15. The van der Waals surface area contributed by atoms with Crippen molar-refractivity contribution in [3.63, 3.8) is 0 Å². The molecule has 1 aliphatic heterocycles. The molecule has 17 heavy (non-hydrogen) atoms. The highest BCUT2D eigenvalue weighted by atomic mass is 16.1. The highest BCUT2D eigenvalue weighted by molar-refractivity contribution is 5.92. The average Bonchev–Trinajstić information content (AvgIpc) is 2.40. The quantitative estimate of drug-likeness (QED) is 0.838. The Hall–Kier alpha value is -1.35. The Labute approximate surface area is 103 Å². The van der Waals surface area contributed by atoms with Crippen LogP contribution in [-0.2, 0) is 11.2 Å². The van der Waals surface area contributed by atoms with Crippen LogP contribution in [0, 0.1) is 5.92 Å². The van der Waals surface area contributed by atoms with Crippen molar-refractivity contribution in [2.75, 3.05) is 18.4 Å². The summed E-state index contributed by atoms with van der Waals surface area (Å²) in [6, 6.07) is 8.09. The van der Waals surface area contributed by atoms with Crippen LogP contribution in [0.15, 0.2) is 24.3 Å². The number of rotatable bonds is 3. The summed E-state index contributed by atoms with van der Waals surface area (Å²) in [5.41, 5.74) is 2.19. The minimum absolute atomic E-state index is 0.120. The molecule has 0 saturated carbocycles. The zero-order chi connectivity index (χ0) is 12.1. The molecule has 1 fully saturated rings. The van der Waals surface area contributed by atoms with Crippen LogP contribution in [0.1, 0.15) is 25.3 Å². The van der Waals surface area contributed by atoms with Crippen molar-refractivity contribution in [2.45, 2.75) is 26.2 Å². The van der Waals surface area contributed by atoms with Gasteiger partial charge in [-0.15, -0.1) is 0 Å². The number of benzene rings is 1. The molecule has 0 aliphatic carbocycles. The molecule has 0 spiro atoms. The van der Waals surface area contributed by atoms with E-state index in [1.165, 1.54) is 5.56 Å². The molecule has 2 rings (SSSR count). The number of nitrogens with one attached hydrogen (secondary N) is 2. The molecule has 1 atom stereocenters. The molecule has 0 unspecified atom stereocenters. The third-order valence-corrected chi connectivity index (χ3v) is 3.30. The molecule has 1 aromatic rings. The minimum Gasteiger partial charge on any atom is -0.326 e. The van der Waals surface area contributed by atoms with Gasteiger partial charge >= 0.3 is 0 Å². The van der Waals surface area contributed by atoms with Crippen LogP contribution in [0.4, 0.5) is 5.69 Å². The van der Waals surface area contributed by atoms with Crippen LogP contribution in [0.3, 0.4) is 0 Å². The number of anilines is 1. The van der Waals surface area contributed by atoms with E-state index in [-0.39, 0.29) is 11.8 Å². The first-order valence-electron chi connectivity index (χ1n) is 6.40. The number of aryl methyl sites for hydroxylation is 1. The van der Waals surface area contributed by atoms with Gasteiger partial charge in [-0.2, -0.15) is 0 Å². The molecule has 0 bridgehead atoms. The summed E-state index contributed by atoms with van der Waals surface area (Å²) in [6.07, 6.45) is 3.11. The van der Waals surface area contributed by atoms with Gasteiger partial charge in [-0.1, -0.05) is 19.1 Å². The highest BCUT2D eigenvalue weighted by Crippen LogP contribution is 2.15. The van der Waals surface area contributed by atoms with Crippen molar-refractivity contribution in [1.82, 2.24) is 5.32 Å². The molecule has 2 N–H and O–H groups in total. The summed E-state index contributed by atoms with van der Waals surface area (Å²) in [6.45, 7) is 3.97. The van der Waals surface area contributed by atoms with Crippen LogP contribution in [0.2, 0.25) is 0 Å². The Morgan fingerprint density at radius 1 is 1.41 bits per heavy atom. The first-order chi connectivity index (χ1) is 8.29. The van der Waals surface area contributed by atoms with Gasteiger partial charge in [0, 0.05) is 12.2 Å². The van der Waals surface area contributed by atoms with Crippen LogP contribution >= 0.6 is 0 Å². The van der Waals surface area contributed by atoms with Crippen molar-refractivity contribution in [2.24, 2.45) is 5.92 Å². The van der Waals surface area contributed by atoms with Crippen LogP contribution in [-0.4, -0.2) is 19.0 Å². The lowest BCUT2D eigenvalue weighted by Gasteiger charge is -2.21. The Morgan fingerprint density at radius 3 is 2.76 bits per heavy atom. The van der Waals surface area contributed by atoms with E-state index in [2.05, 4.69) is 29.7 Å². The van der Waals surface area contributed by atoms with Gasteiger partial charge in [-0.3, -0.25) is 4.79 Å². The lowest BCUT2D eigenvalue weighted by Crippen LogP contribution is -2.37. The molecule has 1 amide bonds. The molecule has 1 heterocycles. The summed E-state index contributed by atoms with van der Waals surface area (Å²) < 4.78 is 0. The molecule has 3 heteroatoms. The second-order valence-electron chi connectivity index (χ2n) is 4.58. The van der Waals surface area contributed by atoms with Gasteiger partial charge in [0.2, 0.25) is 5.91 Å². The van der Waals surface area contributed by atoms with Crippen molar-refractivity contribution in [3.05, 3.63) is 29.8 Å². The third-order valence-electron chi connectivity index (χ3n) is 3.30. The fourth-order valence-electron chi connectivity index (χ4n) is 2.14. The van der Waals surface area contributed by atoms with Crippen molar-refractivity contribution in [3.8, 4) is 0 Å². The summed E-state index contributed by atoms with van der Waals surface area (Å²) in [5, 5.41) is 6.24. The second kappa shape index (κ2) is 5.82. The maximum absolute atomic E-state index is 12.0. The molecule has 1 saturated heterocycles. The lowest BCUT2D eigenvalue weighted by molar-refractivity contribution is -0.120. The molecule has 1 aliphatic rings. The molecule has 0 radical (unpaired) electrons. The predicted molar refractivity (Wildman–Crippen MR) is 70.0 cm³/mol. The monoisotopic (exact) mass is 232 g/mol. The number of hydrogen-bond donors (Lipinski definition) is 2. The fraction of sp³-hybridized carbons (Fsp3) is 0.500. The molecule has 1 aromatic carbocycles. The van der Waals surface area contributed by atoms with E-state index in [1.807, 2.05) is 12.1 Å². The third kappa shape index (κ3) is 3.30. The first-order valence-corrected chi connectivity index (χ1v) is 6.40. The normalized spacial score (nSPS) is 19.9. The summed E-state index contributed by atoms with van der Waals surface area (Å²) in [4.78, 5) is 12.0. The van der Waals surface area contributed by atoms with E-state index in [1.54, 1.807) is 0 Å². The lowest BCUT2D eigenvalue weighted by atomic mass is 9.99. The van der Waals surface area contributed by atoms with E-state index in [0.29, 0.717) is 0 Å². The van der Waals surface area contributed by atoms with E-state index in [9.17, 15) is 4.79 Å². The Morgan fingerprint density at radius 2 is 2.18 bits per heavy atom. The Balaban J connectivity index is 1.92. The summed E-state index contributed by atoms with van der Waals surface area (Å²) in [5.74, 6) is 0.260. The molecular weight excluding hydrogens is 212 g/mol. The maximum Gasteiger partial charge on any atom is 0.228 e. The number of carbonyl (C=O) groups is 1. The van der Waals surface area contributed by atoms with Crippen LogP contribution in [0.5, 0.6) is 0 Å². The van der Waals surface area contributed by atoms with Crippen molar-refractivity contribution in [1.29, 1.82) is 0 Å². The average molecular weight is 232 g/mol. The zero-order valence-electron chi connectivity index (χ0n) is 10.3. The standard InChI is InChI=1S/C14H20N2O/c1-2-11-5-7-13(8-6-11)16-14(17)12-4-3-9-15-10-12/h5-8,12,15H,2-4,9-10H2,1H3,(H,16,17)/t12-/m1/s1. The molecule has 92 valence electrons. The Bertz CT molecular complexity index is 366. The van der Waals surface area contributed by atoms with Crippen LogP contribution < -0.4 is 10.6 Å². The SMILES string of the molecule is CCc1ccc(NC(=O)[C@@H]2CCCNC2)cc1.